The van der Waals surface area contributed by atoms with Crippen molar-refractivity contribution in [2.24, 2.45) is 0 Å². The van der Waals surface area contributed by atoms with Crippen LogP contribution >= 0.6 is 11.6 Å². The van der Waals surface area contributed by atoms with Crippen LogP contribution in [0, 0.1) is 5.82 Å². The molecule has 0 radical (unpaired) electrons. The Morgan fingerprint density at radius 1 is 1.19 bits per heavy atom. The number of hydrogen-bond donors (Lipinski definition) is 1. The highest BCUT2D eigenvalue weighted by Crippen LogP contribution is 2.27. The number of aromatic nitrogens is 2. The number of H-pyrrole nitrogens is 1. The first-order valence-electron chi connectivity index (χ1n) is 10.2. The molecule has 1 amide bonds. The lowest BCUT2D eigenvalue weighted by molar-refractivity contribution is -0.132. The Morgan fingerprint density at radius 3 is 2.81 bits per heavy atom. The highest BCUT2D eigenvalue weighted by atomic mass is 35.5. The van der Waals surface area contributed by atoms with Gasteiger partial charge in [0.15, 0.2) is 6.61 Å². The zero-order valence-corrected chi connectivity index (χ0v) is 17.6. The Hall–Kier alpha value is -3.06. The summed E-state index contributed by atoms with van der Waals surface area (Å²) in [6.45, 7) is 1.69. The molecule has 3 aromatic rings. The second-order valence-corrected chi connectivity index (χ2v) is 7.82. The summed E-state index contributed by atoms with van der Waals surface area (Å²) >= 11 is 6.10. The molecule has 8 heteroatoms. The Balaban J connectivity index is 1.23. The summed E-state index contributed by atoms with van der Waals surface area (Å²) < 4.78 is 24.1. The average molecular weight is 444 g/mol. The molecule has 1 fully saturated rings. The van der Waals surface area contributed by atoms with E-state index in [2.05, 4.69) is 10.2 Å². The van der Waals surface area contributed by atoms with E-state index in [1.807, 2.05) is 24.3 Å². The van der Waals surface area contributed by atoms with E-state index in [0.29, 0.717) is 42.6 Å². The van der Waals surface area contributed by atoms with Gasteiger partial charge in [0, 0.05) is 31.1 Å². The molecule has 0 unspecified atom stereocenters. The summed E-state index contributed by atoms with van der Waals surface area (Å²) in [6.07, 6.45) is 1.53. The molecule has 4 rings (SSSR count). The van der Waals surface area contributed by atoms with Gasteiger partial charge in [-0.2, -0.15) is 5.10 Å². The lowest BCUT2D eigenvalue weighted by Crippen LogP contribution is -2.32. The van der Waals surface area contributed by atoms with Crippen molar-refractivity contribution in [2.45, 2.75) is 18.8 Å². The first-order valence-corrected chi connectivity index (χ1v) is 10.5. The van der Waals surface area contributed by atoms with Crippen LogP contribution in [0.25, 0.3) is 0 Å². The fourth-order valence-corrected chi connectivity index (χ4v) is 3.74. The first kappa shape index (κ1) is 21.2. The van der Waals surface area contributed by atoms with Crippen molar-refractivity contribution >= 4 is 17.5 Å². The molecule has 6 nitrogen and oxygen atoms in total. The van der Waals surface area contributed by atoms with E-state index in [1.54, 1.807) is 11.0 Å². The number of hydrogen-bond acceptors (Lipinski definition) is 4. The van der Waals surface area contributed by atoms with Crippen LogP contribution in [0.5, 0.6) is 11.5 Å². The quantitative estimate of drug-likeness (QED) is 0.566. The van der Waals surface area contributed by atoms with Gasteiger partial charge >= 0.3 is 0 Å². The molecule has 1 atom stereocenters. The third kappa shape index (κ3) is 5.55. The van der Waals surface area contributed by atoms with Crippen LogP contribution in [0.2, 0.25) is 5.02 Å². The molecule has 0 bridgehead atoms. The van der Waals surface area contributed by atoms with Gasteiger partial charge in [-0.1, -0.05) is 23.7 Å². The number of nitrogens with one attached hydrogen (secondary N) is 1. The van der Waals surface area contributed by atoms with E-state index in [1.165, 1.54) is 24.3 Å². The zero-order valence-electron chi connectivity index (χ0n) is 16.9. The fourth-order valence-electron chi connectivity index (χ4n) is 3.54. The minimum atomic E-state index is -0.338. The van der Waals surface area contributed by atoms with Crippen molar-refractivity contribution < 1.29 is 18.7 Å². The second kappa shape index (κ2) is 9.83. The van der Waals surface area contributed by atoms with Gasteiger partial charge in [-0.25, -0.2) is 4.39 Å². The number of carbonyl (C=O) groups is 1. The lowest BCUT2D eigenvalue weighted by atomic mass is 10.0. The van der Waals surface area contributed by atoms with Gasteiger partial charge in [0.1, 0.15) is 17.3 Å². The Kier molecular flexibility index (Phi) is 6.72. The number of likely N-dealkylation sites (tertiary alicyclic amines) is 1. The number of nitrogens with zero attached hydrogens (tertiary/aromatic N) is 2. The summed E-state index contributed by atoms with van der Waals surface area (Å²) in [5.74, 6) is 0.896. The van der Waals surface area contributed by atoms with E-state index in [4.69, 9.17) is 21.1 Å². The number of rotatable bonds is 8. The normalized spacial score (nSPS) is 15.8. The molecule has 1 N–H and O–H groups in total. The molecule has 1 aromatic heterocycles. The maximum absolute atomic E-state index is 12.9. The van der Waals surface area contributed by atoms with Crippen molar-refractivity contribution in [1.82, 2.24) is 15.1 Å². The maximum atomic E-state index is 12.9. The Bertz CT molecular complexity index is 1020. The molecule has 2 aromatic carbocycles. The van der Waals surface area contributed by atoms with Crippen LogP contribution in [0.1, 0.15) is 23.7 Å². The Labute approximate surface area is 184 Å². The highest BCUT2D eigenvalue weighted by Gasteiger charge is 2.29. The molecule has 0 aliphatic carbocycles. The smallest absolute Gasteiger partial charge is 0.260 e. The van der Waals surface area contributed by atoms with Crippen LogP contribution in [-0.2, 0) is 11.2 Å². The molecule has 1 aliphatic rings. The van der Waals surface area contributed by atoms with Crippen LogP contribution in [0.4, 0.5) is 4.39 Å². The summed E-state index contributed by atoms with van der Waals surface area (Å²) in [4.78, 5) is 14.2. The summed E-state index contributed by atoms with van der Waals surface area (Å²) in [7, 11) is 0. The van der Waals surface area contributed by atoms with Gasteiger partial charge < -0.3 is 14.4 Å². The molecule has 0 saturated carbocycles. The monoisotopic (exact) mass is 443 g/mol. The number of ether oxygens (including phenoxy) is 2. The Morgan fingerprint density at radius 2 is 2.00 bits per heavy atom. The van der Waals surface area contributed by atoms with Crippen molar-refractivity contribution in [3.63, 3.8) is 0 Å². The molecule has 162 valence electrons. The van der Waals surface area contributed by atoms with Gasteiger partial charge in [-0.05, 0) is 48.9 Å². The third-order valence-corrected chi connectivity index (χ3v) is 5.56. The van der Waals surface area contributed by atoms with Gasteiger partial charge in [0.05, 0.1) is 17.3 Å². The SMILES string of the molecule is O=C(COc1ccc(F)cc1)N1CC[C@@H](c2cc(CCOc3ccccc3Cl)[nH]n2)C1. The molecule has 1 aliphatic heterocycles. The van der Waals surface area contributed by atoms with E-state index in [9.17, 15) is 9.18 Å². The van der Waals surface area contributed by atoms with Crippen LogP contribution in [0.15, 0.2) is 54.6 Å². The topological polar surface area (TPSA) is 67.4 Å². The van der Waals surface area contributed by atoms with Crippen molar-refractivity contribution in [2.75, 3.05) is 26.3 Å². The molecule has 1 saturated heterocycles. The van der Waals surface area contributed by atoms with Crippen molar-refractivity contribution in [3.8, 4) is 11.5 Å². The number of para-hydroxylation sites is 1. The molecule has 0 spiro atoms. The molecule has 31 heavy (non-hydrogen) atoms. The van der Waals surface area contributed by atoms with Crippen molar-refractivity contribution in [3.05, 3.63) is 76.8 Å². The van der Waals surface area contributed by atoms with E-state index >= 15 is 0 Å². The number of aromatic amines is 1. The summed E-state index contributed by atoms with van der Waals surface area (Å²) in [5, 5.41) is 8.07. The van der Waals surface area contributed by atoms with Gasteiger partial charge in [0.2, 0.25) is 0 Å². The second-order valence-electron chi connectivity index (χ2n) is 7.41. The summed E-state index contributed by atoms with van der Waals surface area (Å²) in [5.41, 5.74) is 1.92. The molecular formula is C23H23ClFN3O3. The number of benzene rings is 2. The maximum Gasteiger partial charge on any atom is 0.260 e. The number of amides is 1. The highest BCUT2D eigenvalue weighted by molar-refractivity contribution is 6.32. The lowest BCUT2D eigenvalue weighted by Gasteiger charge is -2.16. The van der Waals surface area contributed by atoms with E-state index in [-0.39, 0.29) is 24.2 Å². The van der Waals surface area contributed by atoms with Crippen LogP contribution in [-0.4, -0.2) is 47.3 Å². The van der Waals surface area contributed by atoms with E-state index < -0.39 is 0 Å². The average Bonchev–Trinajstić information content (AvgIpc) is 3.44. The molecular weight excluding hydrogens is 421 g/mol. The van der Waals surface area contributed by atoms with Crippen molar-refractivity contribution in [1.29, 1.82) is 0 Å². The van der Waals surface area contributed by atoms with Gasteiger partial charge in [-0.3, -0.25) is 9.89 Å². The largest absolute Gasteiger partial charge is 0.492 e. The number of halogens is 2. The minimum absolute atomic E-state index is 0.0659. The summed E-state index contributed by atoms with van der Waals surface area (Å²) in [6, 6.07) is 15.0. The minimum Gasteiger partial charge on any atom is -0.492 e. The van der Waals surface area contributed by atoms with Crippen LogP contribution < -0.4 is 9.47 Å². The molecule has 2 heterocycles. The fraction of sp³-hybridized carbons (Fsp3) is 0.304. The predicted octanol–water partition coefficient (Wildman–Crippen LogP) is 4.22. The first-order chi connectivity index (χ1) is 15.1. The third-order valence-electron chi connectivity index (χ3n) is 5.25. The standard InChI is InChI=1S/C23H23ClFN3O3/c24-20-3-1-2-4-22(20)30-12-10-18-13-21(27-26-18)16-9-11-28(14-16)23(29)15-31-19-7-5-17(25)6-8-19/h1-8,13,16H,9-12,14-15H2,(H,26,27)/t16-/m1/s1. The van der Waals surface area contributed by atoms with Gasteiger partial charge in [-0.15, -0.1) is 0 Å². The predicted molar refractivity (Wildman–Crippen MR) is 115 cm³/mol. The zero-order chi connectivity index (χ0) is 21.6. The van der Waals surface area contributed by atoms with Crippen LogP contribution in [0.3, 0.4) is 0 Å². The number of carbonyl (C=O) groups excluding carboxylic acids is 1. The van der Waals surface area contributed by atoms with E-state index in [0.717, 1.165) is 17.8 Å². The van der Waals surface area contributed by atoms with Gasteiger partial charge in [0.25, 0.3) is 5.91 Å².